The van der Waals surface area contributed by atoms with Crippen molar-refractivity contribution in [2.75, 3.05) is 25.0 Å². The summed E-state index contributed by atoms with van der Waals surface area (Å²) >= 11 is 0. The van der Waals surface area contributed by atoms with Crippen molar-refractivity contribution in [1.82, 2.24) is 0 Å². The Morgan fingerprint density at radius 1 is 1.35 bits per heavy atom. The van der Waals surface area contributed by atoms with E-state index in [-0.39, 0.29) is 0 Å². The Hall–Kier alpha value is -1.22. The molecule has 3 heteroatoms. The zero-order valence-corrected chi connectivity index (χ0v) is 10.2. The van der Waals surface area contributed by atoms with Crippen LogP contribution in [0.3, 0.4) is 0 Å². The van der Waals surface area contributed by atoms with Crippen molar-refractivity contribution < 1.29 is 4.74 Å². The van der Waals surface area contributed by atoms with Crippen molar-refractivity contribution in [3.63, 3.8) is 0 Å². The molecular formula is C14H20N2O. The second-order valence-corrected chi connectivity index (χ2v) is 5.33. The topological polar surface area (TPSA) is 47.3 Å². The lowest BCUT2D eigenvalue weighted by Gasteiger charge is -2.19. The monoisotopic (exact) mass is 232 g/mol. The van der Waals surface area contributed by atoms with Crippen LogP contribution in [-0.4, -0.2) is 19.7 Å². The van der Waals surface area contributed by atoms with E-state index in [1.807, 2.05) is 0 Å². The maximum atomic E-state index is 5.78. The van der Waals surface area contributed by atoms with Crippen molar-refractivity contribution in [3.8, 4) is 5.75 Å². The van der Waals surface area contributed by atoms with Crippen LogP contribution in [0.1, 0.15) is 24.8 Å². The molecule has 17 heavy (non-hydrogen) atoms. The van der Waals surface area contributed by atoms with Gasteiger partial charge in [0.15, 0.2) is 0 Å². The smallest absolute Gasteiger partial charge is 0.122 e. The molecule has 1 aromatic carbocycles. The molecule has 1 aromatic rings. The van der Waals surface area contributed by atoms with E-state index in [4.69, 9.17) is 10.5 Å². The third kappa shape index (κ3) is 2.25. The van der Waals surface area contributed by atoms with Crippen molar-refractivity contribution in [3.05, 3.63) is 23.8 Å². The summed E-state index contributed by atoms with van der Waals surface area (Å²) in [5, 5.41) is 3.51. The normalized spacial score (nSPS) is 20.3. The minimum atomic E-state index is 0.381. The SMILES string of the molecule is NCC1(CNc2ccc3c(c2)CCCO3)CC1. The molecule has 3 N–H and O–H groups in total. The molecule has 0 atom stereocenters. The molecule has 92 valence electrons. The van der Waals surface area contributed by atoms with Gasteiger partial charge >= 0.3 is 0 Å². The fraction of sp³-hybridized carbons (Fsp3) is 0.571. The average molecular weight is 232 g/mol. The van der Waals surface area contributed by atoms with Crippen LogP contribution in [0, 0.1) is 5.41 Å². The maximum Gasteiger partial charge on any atom is 0.122 e. The predicted octanol–water partition coefficient (Wildman–Crippen LogP) is 2.16. The summed E-state index contributed by atoms with van der Waals surface area (Å²) in [7, 11) is 0. The highest BCUT2D eigenvalue weighted by molar-refractivity contribution is 5.52. The zero-order valence-electron chi connectivity index (χ0n) is 10.2. The molecule has 1 aliphatic heterocycles. The summed E-state index contributed by atoms with van der Waals surface area (Å²) in [6.07, 6.45) is 4.80. The van der Waals surface area contributed by atoms with Gasteiger partial charge in [-0.3, -0.25) is 0 Å². The molecule has 0 radical (unpaired) electrons. The summed E-state index contributed by atoms with van der Waals surface area (Å²) in [5.41, 5.74) is 8.70. The minimum Gasteiger partial charge on any atom is -0.493 e. The van der Waals surface area contributed by atoms with Crippen molar-refractivity contribution in [1.29, 1.82) is 0 Å². The molecule has 0 saturated heterocycles. The third-order valence-electron chi connectivity index (χ3n) is 3.97. The molecule has 0 unspecified atom stereocenters. The van der Waals surface area contributed by atoms with E-state index < -0.39 is 0 Å². The highest BCUT2D eigenvalue weighted by atomic mass is 16.5. The Labute approximate surface area is 102 Å². The van der Waals surface area contributed by atoms with Crippen LogP contribution in [0.15, 0.2) is 18.2 Å². The predicted molar refractivity (Wildman–Crippen MR) is 69.5 cm³/mol. The van der Waals surface area contributed by atoms with Gasteiger partial charge in [0.2, 0.25) is 0 Å². The summed E-state index contributed by atoms with van der Waals surface area (Å²) in [6.45, 7) is 2.66. The first-order valence-corrected chi connectivity index (χ1v) is 6.51. The lowest BCUT2D eigenvalue weighted by Crippen LogP contribution is -2.24. The molecule has 1 fully saturated rings. The van der Waals surface area contributed by atoms with Gasteiger partial charge in [-0.2, -0.15) is 0 Å². The Bertz CT molecular complexity index is 413. The lowest BCUT2D eigenvalue weighted by molar-refractivity contribution is 0.288. The number of anilines is 1. The number of rotatable bonds is 4. The van der Waals surface area contributed by atoms with Crippen LogP contribution in [-0.2, 0) is 6.42 Å². The standard InChI is InChI=1S/C14H20N2O/c15-9-14(5-6-14)10-16-12-3-4-13-11(8-12)2-1-7-17-13/h3-4,8,16H,1-2,5-7,9-10,15H2. The molecular weight excluding hydrogens is 212 g/mol. The Kier molecular flexibility index (Phi) is 2.71. The second kappa shape index (κ2) is 4.22. The number of fused-ring (bicyclic) bond motifs is 1. The van der Waals surface area contributed by atoms with Gasteiger partial charge in [0.1, 0.15) is 5.75 Å². The summed E-state index contributed by atoms with van der Waals surface area (Å²) in [4.78, 5) is 0. The van der Waals surface area contributed by atoms with Crippen LogP contribution >= 0.6 is 0 Å². The van der Waals surface area contributed by atoms with Gasteiger partial charge in [-0.25, -0.2) is 0 Å². The molecule has 2 aliphatic rings. The van der Waals surface area contributed by atoms with Gasteiger partial charge in [-0.05, 0) is 61.4 Å². The first kappa shape index (κ1) is 10.9. The largest absolute Gasteiger partial charge is 0.493 e. The molecule has 1 heterocycles. The quantitative estimate of drug-likeness (QED) is 0.836. The lowest BCUT2D eigenvalue weighted by atomic mass is 10.0. The Balaban J connectivity index is 1.67. The summed E-state index contributed by atoms with van der Waals surface area (Å²) < 4.78 is 5.61. The Morgan fingerprint density at radius 3 is 3.00 bits per heavy atom. The van der Waals surface area contributed by atoms with Gasteiger partial charge in [0.25, 0.3) is 0 Å². The molecule has 1 saturated carbocycles. The summed E-state index contributed by atoms with van der Waals surface area (Å²) in [6, 6.07) is 6.41. The van der Waals surface area contributed by atoms with Gasteiger partial charge in [0, 0.05) is 12.2 Å². The first-order chi connectivity index (χ1) is 8.31. The second-order valence-electron chi connectivity index (χ2n) is 5.33. The molecule has 0 aromatic heterocycles. The highest BCUT2D eigenvalue weighted by Gasteiger charge is 2.40. The number of nitrogens with one attached hydrogen (secondary N) is 1. The van der Waals surface area contributed by atoms with Gasteiger partial charge in [-0.1, -0.05) is 0 Å². The van der Waals surface area contributed by atoms with Crippen LogP contribution in [0.25, 0.3) is 0 Å². The zero-order chi connectivity index (χ0) is 11.7. The van der Waals surface area contributed by atoms with E-state index in [9.17, 15) is 0 Å². The van der Waals surface area contributed by atoms with E-state index in [0.717, 1.165) is 38.3 Å². The van der Waals surface area contributed by atoms with Crippen LogP contribution < -0.4 is 15.8 Å². The maximum absolute atomic E-state index is 5.78. The fourth-order valence-corrected chi connectivity index (χ4v) is 2.39. The number of nitrogens with two attached hydrogens (primary N) is 1. The fourth-order valence-electron chi connectivity index (χ4n) is 2.39. The molecule has 1 aliphatic carbocycles. The number of benzene rings is 1. The number of ether oxygens (including phenoxy) is 1. The van der Waals surface area contributed by atoms with Crippen molar-refractivity contribution in [2.24, 2.45) is 11.1 Å². The molecule has 0 spiro atoms. The third-order valence-corrected chi connectivity index (χ3v) is 3.97. The molecule has 3 nitrogen and oxygen atoms in total. The number of hydrogen-bond donors (Lipinski definition) is 2. The minimum absolute atomic E-state index is 0.381. The number of aryl methyl sites for hydroxylation is 1. The van der Waals surface area contributed by atoms with E-state index >= 15 is 0 Å². The van der Waals surface area contributed by atoms with E-state index in [1.54, 1.807) is 0 Å². The molecule has 0 amide bonds. The summed E-state index contributed by atoms with van der Waals surface area (Å²) in [5.74, 6) is 1.06. The average Bonchev–Trinajstić information content (AvgIpc) is 3.17. The van der Waals surface area contributed by atoms with Crippen LogP contribution in [0.5, 0.6) is 5.75 Å². The van der Waals surface area contributed by atoms with Gasteiger partial charge in [-0.15, -0.1) is 0 Å². The molecule has 0 bridgehead atoms. The van der Waals surface area contributed by atoms with Crippen molar-refractivity contribution >= 4 is 5.69 Å². The first-order valence-electron chi connectivity index (χ1n) is 6.51. The van der Waals surface area contributed by atoms with Gasteiger partial charge < -0.3 is 15.8 Å². The van der Waals surface area contributed by atoms with Gasteiger partial charge in [0.05, 0.1) is 6.61 Å². The highest BCUT2D eigenvalue weighted by Crippen LogP contribution is 2.44. The van der Waals surface area contributed by atoms with E-state index in [2.05, 4.69) is 23.5 Å². The van der Waals surface area contributed by atoms with E-state index in [0.29, 0.717) is 5.41 Å². The molecule has 3 rings (SSSR count). The van der Waals surface area contributed by atoms with Crippen LogP contribution in [0.2, 0.25) is 0 Å². The number of hydrogen-bond acceptors (Lipinski definition) is 3. The van der Waals surface area contributed by atoms with E-state index in [1.165, 1.54) is 24.1 Å². The van der Waals surface area contributed by atoms with Crippen LogP contribution in [0.4, 0.5) is 5.69 Å². The van der Waals surface area contributed by atoms with Crippen molar-refractivity contribution in [2.45, 2.75) is 25.7 Å². The Morgan fingerprint density at radius 2 is 2.24 bits per heavy atom.